The van der Waals surface area contributed by atoms with Gasteiger partial charge in [0.25, 0.3) is 5.91 Å². The van der Waals surface area contributed by atoms with Crippen molar-refractivity contribution in [2.24, 2.45) is 0 Å². The maximum Gasteiger partial charge on any atom is 0.255 e. The lowest BCUT2D eigenvalue weighted by atomic mass is 9.94. The van der Waals surface area contributed by atoms with Crippen LogP contribution >= 0.6 is 11.6 Å². The predicted molar refractivity (Wildman–Crippen MR) is 65.6 cm³/mol. The largest absolute Gasteiger partial charge is 0.334 e. The molecular weight excluding hydrogens is 257 g/mol. The number of hydrogen-bond donors (Lipinski definition) is 1. The van der Waals surface area contributed by atoms with Crippen molar-refractivity contribution >= 4 is 17.5 Å². The first-order valence-corrected chi connectivity index (χ1v) is 5.90. The van der Waals surface area contributed by atoms with Gasteiger partial charge in [0.2, 0.25) is 0 Å². The Morgan fingerprint density at radius 1 is 1.61 bits per heavy atom. The number of halogens is 2. The van der Waals surface area contributed by atoms with Crippen LogP contribution in [-0.4, -0.2) is 16.4 Å². The molecule has 0 radical (unpaired) electrons. The van der Waals surface area contributed by atoms with Crippen LogP contribution in [0.25, 0.3) is 0 Å². The first kappa shape index (κ1) is 14.4. The molecule has 1 amide bonds. The smallest absolute Gasteiger partial charge is 0.255 e. The molecule has 1 rings (SSSR count). The Labute approximate surface area is 110 Å². The van der Waals surface area contributed by atoms with Crippen LogP contribution in [0, 0.1) is 17.1 Å². The van der Waals surface area contributed by atoms with E-state index in [0.29, 0.717) is 12.8 Å². The van der Waals surface area contributed by atoms with Crippen LogP contribution in [0.1, 0.15) is 37.0 Å². The van der Waals surface area contributed by atoms with Gasteiger partial charge in [-0.15, -0.1) is 0 Å². The molecule has 4 nitrogen and oxygen atoms in total. The average molecular weight is 270 g/mol. The lowest BCUT2D eigenvalue weighted by molar-refractivity contribution is 0.0915. The van der Waals surface area contributed by atoms with Crippen molar-refractivity contribution in [1.82, 2.24) is 10.3 Å². The molecule has 0 saturated heterocycles. The molecule has 0 fully saturated rings. The molecule has 0 aromatic carbocycles. The first-order chi connectivity index (χ1) is 8.48. The number of nitriles is 1. The number of rotatable bonds is 4. The minimum absolute atomic E-state index is 0.0711. The fraction of sp³-hybridized carbons (Fsp3) is 0.417. The minimum atomic E-state index is -0.966. The van der Waals surface area contributed by atoms with E-state index in [1.165, 1.54) is 0 Å². The van der Waals surface area contributed by atoms with Gasteiger partial charge in [-0.25, -0.2) is 9.37 Å². The summed E-state index contributed by atoms with van der Waals surface area (Å²) in [7, 11) is 0. The van der Waals surface area contributed by atoms with Crippen LogP contribution in [0.4, 0.5) is 4.39 Å². The van der Waals surface area contributed by atoms with E-state index in [2.05, 4.69) is 16.4 Å². The Balaban J connectivity index is 3.02. The fourth-order valence-corrected chi connectivity index (χ4v) is 1.67. The van der Waals surface area contributed by atoms with E-state index in [1.807, 2.05) is 0 Å². The molecule has 0 bridgehead atoms. The molecule has 0 aliphatic heterocycles. The molecular formula is C12H13ClFN3O. The van der Waals surface area contributed by atoms with Crippen LogP contribution in [0.15, 0.2) is 12.3 Å². The summed E-state index contributed by atoms with van der Waals surface area (Å²) in [6.45, 7) is 3.58. The second kappa shape index (κ2) is 5.78. The summed E-state index contributed by atoms with van der Waals surface area (Å²) in [6.07, 6.45) is 1.83. The van der Waals surface area contributed by atoms with Gasteiger partial charge in [-0.05, 0) is 18.9 Å². The molecule has 0 spiro atoms. The zero-order valence-electron chi connectivity index (χ0n) is 10.1. The molecule has 0 atom stereocenters. The third kappa shape index (κ3) is 2.96. The average Bonchev–Trinajstić information content (AvgIpc) is 2.38. The number of nitrogens with one attached hydrogen (secondary N) is 1. The van der Waals surface area contributed by atoms with Crippen LogP contribution in [0.3, 0.4) is 0 Å². The van der Waals surface area contributed by atoms with Gasteiger partial charge in [0, 0.05) is 0 Å². The Bertz CT molecular complexity index is 495. The number of amides is 1. The highest BCUT2D eigenvalue weighted by molar-refractivity contribution is 6.32. The molecule has 6 heteroatoms. The summed E-state index contributed by atoms with van der Waals surface area (Å²) in [5.41, 5.74) is -1.04. The molecule has 0 unspecified atom stereocenters. The third-order valence-corrected chi connectivity index (χ3v) is 3.13. The minimum Gasteiger partial charge on any atom is -0.334 e. The molecule has 1 N–H and O–H groups in total. The summed E-state index contributed by atoms with van der Waals surface area (Å²) in [5, 5.41) is 11.6. The highest BCUT2D eigenvalue weighted by Gasteiger charge is 2.29. The van der Waals surface area contributed by atoms with Crippen molar-refractivity contribution in [2.75, 3.05) is 0 Å². The first-order valence-electron chi connectivity index (χ1n) is 5.52. The van der Waals surface area contributed by atoms with E-state index in [1.54, 1.807) is 13.8 Å². The van der Waals surface area contributed by atoms with Crippen molar-refractivity contribution in [1.29, 1.82) is 5.26 Å². The Kier molecular flexibility index (Phi) is 4.62. The van der Waals surface area contributed by atoms with E-state index in [-0.39, 0.29) is 10.7 Å². The second-order valence-electron chi connectivity index (χ2n) is 3.85. The van der Waals surface area contributed by atoms with E-state index >= 15 is 0 Å². The van der Waals surface area contributed by atoms with Crippen molar-refractivity contribution in [3.05, 3.63) is 28.8 Å². The number of carbonyl (C=O) groups excluding carboxylic acids is 1. The molecule has 1 heterocycles. The van der Waals surface area contributed by atoms with Crippen LogP contribution < -0.4 is 5.32 Å². The Morgan fingerprint density at radius 3 is 2.72 bits per heavy atom. The van der Waals surface area contributed by atoms with Gasteiger partial charge in [0.05, 0.1) is 17.8 Å². The number of carbonyl (C=O) groups is 1. The summed E-state index contributed by atoms with van der Waals surface area (Å²) in [5.74, 6) is -1.25. The second-order valence-corrected chi connectivity index (χ2v) is 4.21. The van der Waals surface area contributed by atoms with Gasteiger partial charge in [0.15, 0.2) is 0 Å². The van der Waals surface area contributed by atoms with Gasteiger partial charge in [-0.2, -0.15) is 5.26 Å². The molecule has 1 aromatic rings. The molecule has 96 valence electrons. The van der Waals surface area contributed by atoms with E-state index in [9.17, 15) is 9.18 Å². The van der Waals surface area contributed by atoms with Crippen molar-refractivity contribution in [2.45, 2.75) is 32.2 Å². The molecule has 0 aliphatic rings. The zero-order chi connectivity index (χ0) is 13.8. The van der Waals surface area contributed by atoms with E-state index in [0.717, 1.165) is 12.3 Å². The Hall–Kier alpha value is -1.67. The highest BCUT2D eigenvalue weighted by Crippen LogP contribution is 2.18. The molecule has 0 aliphatic carbocycles. The highest BCUT2D eigenvalue weighted by atomic mass is 35.5. The number of pyridine rings is 1. The summed E-state index contributed by atoms with van der Waals surface area (Å²) in [4.78, 5) is 15.5. The maximum absolute atomic E-state index is 13.0. The van der Waals surface area contributed by atoms with Gasteiger partial charge < -0.3 is 5.32 Å². The normalized spacial score (nSPS) is 10.8. The van der Waals surface area contributed by atoms with E-state index < -0.39 is 17.3 Å². The molecule has 0 saturated carbocycles. The predicted octanol–water partition coefficient (Wildman–Crippen LogP) is 2.69. The monoisotopic (exact) mass is 269 g/mol. The van der Waals surface area contributed by atoms with Crippen molar-refractivity contribution in [3.63, 3.8) is 0 Å². The van der Waals surface area contributed by atoms with Crippen LogP contribution in [-0.2, 0) is 0 Å². The van der Waals surface area contributed by atoms with Crippen LogP contribution in [0.2, 0.25) is 5.15 Å². The fourth-order valence-electron chi connectivity index (χ4n) is 1.48. The van der Waals surface area contributed by atoms with Crippen molar-refractivity contribution < 1.29 is 9.18 Å². The summed E-state index contributed by atoms with van der Waals surface area (Å²) >= 11 is 5.73. The number of hydrogen-bond acceptors (Lipinski definition) is 3. The topological polar surface area (TPSA) is 65.8 Å². The van der Waals surface area contributed by atoms with Crippen molar-refractivity contribution in [3.8, 4) is 6.07 Å². The third-order valence-electron chi connectivity index (χ3n) is 2.82. The Morgan fingerprint density at radius 2 is 2.22 bits per heavy atom. The van der Waals surface area contributed by atoms with Gasteiger partial charge in [-0.1, -0.05) is 25.4 Å². The quantitative estimate of drug-likeness (QED) is 0.855. The van der Waals surface area contributed by atoms with Crippen LogP contribution in [0.5, 0.6) is 0 Å². The van der Waals surface area contributed by atoms with E-state index in [4.69, 9.17) is 16.9 Å². The maximum atomic E-state index is 13.0. The van der Waals surface area contributed by atoms with Gasteiger partial charge >= 0.3 is 0 Å². The lowest BCUT2D eigenvalue weighted by Gasteiger charge is -2.24. The summed E-state index contributed by atoms with van der Waals surface area (Å²) in [6, 6.07) is 3.06. The number of aromatic nitrogens is 1. The SMILES string of the molecule is CCC(C#N)(CC)NC(=O)c1cc(F)cnc1Cl. The summed E-state index contributed by atoms with van der Waals surface area (Å²) < 4.78 is 13.0. The standard InChI is InChI=1S/C12H13ClFN3O/c1-3-12(4-2,7-15)17-11(18)9-5-8(14)6-16-10(9)13/h5-6H,3-4H2,1-2H3,(H,17,18). The number of nitrogens with zero attached hydrogens (tertiary/aromatic N) is 2. The lowest BCUT2D eigenvalue weighted by Crippen LogP contribution is -2.46. The van der Waals surface area contributed by atoms with Gasteiger partial charge in [0.1, 0.15) is 16.5 Å². The molecule has 1 aromatic heterocycles. The molecule has 18 heavy (non-hydrogen) atoms. The zero-order valence-corrected chi connectivity index (χ0v) is 10.9. The van der Waals surface area contributed by atoms with Gasteiger partial charge in [-0.3, -0.25) is 4.79 Å².